The lowest BCUT2D eigenvalue weighted by atomic mass is 9.93. The molecule has 0 aliphatic carbocycles. The van der Waals surface area contributed by atoms with E-state index in [2.05, 4.69) is 10.5 Å². The predicted octanol–water partition coefficient (Wildman–Crippen LogP) is 2.40. The zero-order valence-corrected chi connectivity index (χ0v) is 15.4. The van der Waals surface area contributed by atoms with Gasteiger partial charge in [-0.15, -0.1) is 11.8 Å². The quantitative estimate of drug-likeness (QED) is 0.895. The Labute approximate surface area is 141 Å². The monoisotopic (exact) mass is 339 g/mol. The molecule has 1 aliphatic heterocycles. The van der Waals surface area contributed by atoms with Crippen molar-refractivity contribution in [1.29, 1.82) is 0 Å². The molecule has 1 aromatic heterocycles. The fourth-order valence-corrected chi connectivity index (χ4v) is 3.34. The van der Waals surface area contributed by atoms with Crippen LogP contribution in [0.25, 0.3) is 0 Å². The van der Waals surface area contributed by atoms with Crippen molar-refractivity contribution in [3.63, 3.8) is 0 Å². The van der Waals surface area contributed by atoms with Crippen LogP contribution in [0.1, 0.15) is 57.8 Å². The van der Waals surface area contributed by atoms with Gasteiger partial charge in [0.1, 0.15) is 11.8 Å². The van der Waals surface area contributed by atoms with E-state index in [1.54, 1.807) is 22.7 Å². The van der Waals surface area contributed by atoms with Crippen molar-refractivity contribution >= 4 is 23.6 Å². The van der Waals surface area contributed by atoms with Gasteiger partial charge in [-0.05, 0) is 20.8 Å². The maximum atomic E-state index is 12.7. The minimum atomic E-state index is -0.471. The highest BCUT2D eigenvalue weighted by Crippen LogP contribution is 2.26. The fourth-order valence-electron chi connectivity index (χ4n) is 2.19. The molecule has 1 atom stereocenters. The van der Waals surface area contributed by atoms with Crippen LogP contribution in [0.5, 0.6) is 0 Å². The number of nitrogens with zero attached hydrogens (tertiary/aromatic N) is 2. The van der Waals surface area contributed by atoms with Gasteiger partial charge in [-0.3, -0.25) is 9.59 Å². The van der Waals surface area contributed by atoms with Crippen molar-refractivity contribution in [3.8, 4) is 0 Å². The molecule has 7 heteroatoms. The molecule has 1 fully saturated rings. The number of carbonyl (C=O) groups excluding carboxylic acids is 2. The Balaban J connectivity index is 2.15. The van der Waals surface area contributed by atoms with E-state index in [0.29, 0.717) is 17.4 Å². The van der Waals surface area contributed by atoms with E-state index in [0.717, 1.165) is 0 Å². The Kier molecular flexibility index (Phi) is 4.80. The van der Waals surface area contributed by atoms with E-state index in [1.165, 1.54) is 0 Å². The first-order valence-corrected chi connectivity index (χ1v) is 8.82. The third kappa shape index (κ3) is 4.28. The molecule has 0 radical (unpaired) electrons. The van der Waals surface area contributed by atoms with E-state index < -0.39 is 6.04 Å². The Bertz CT molecular complexity index is 598. The summed E-state index contributed by atoms with van der Waals surface area (Å²) in [4.78, 5) is 26.7. The van der Waals surface area contributed by atoms with E-state index in [1.807, 2.05) is 41.5 Å². The molecule has 2 rings (SSSR count). The predicted molar refractivity (Wildman–Crippen MR) is 90.4 cm³/mol. The third-order valence-corrected chi connectivity index (χ3v) is 4.42. The summed E-state index contributed by atoms with van der Waals surface area (Å²) in [7, 11) is 0. The summed E-state index contributed by atoms with van der Waals surface area (Å²) < 4.78 is 5.28. The molecule has 0 spiro atoms. The summed E-state index contributed by atoms with van der Waals surface area (Å²) in [6, 6.07) is 1.20. The number of hydrogen-bond acceptors (Lipinski definition) is 5. The van der Waals surface area contributed by atoms with Crippen LogP contribution in [0.15, 0.2) is 10.6 Å². The lowest BCUT2D eigenvalue weighted by Gasteiger charge is -2.27. The van der Waals surface area contributed by atoms with Gasteiger partial charge in [0.2, 0.25) is 5.91 Å². The summed E-state index contributed by atoms with van der Waals surface area (Å²) in [6.45, 7) is 11.7. The van der Waals surface area contributed by atoms with Crippen LogP contribution in [0.2, 0.25) is 0 Å². The molecule has 2 heterocycles. The summed E-state index contributed by atoms with van der Waals surface area (Å²) in [5, 5.41) is 6.83. The molecule has 0 saturated carbocycles. The molecule has 128 valence electrons. The minimum absolute atomic E-state index is 0.129. The Morgan fingerprint density at radius 3 is 2.48 bits per heavy atom. The summed E-state index contributed by atoms with van der Waals surface area (Å²) in [5.41, 5.74) is -0.285. The largest absolute Gasteiger partial charge is 0.360 e. The molecule has 6 nitrogen and oxygen atoms in total. The maximum Gasteiger partial charge on any atom is 0.277 e. The van der Waals surface area contributed by atoms with E-state index in [4.69, 9.17) is 4.52 Å². The van der Waals surface area contributed by atoms with Crippen LogP contribution >= 0.6 is 11.8 Å². The summed E-state index contributed by atoms with van der Waals surface area (Å²) in [6.07, 6.45) is 0. The Morgan fingerprint density at radius 2 is 1.96 bits per heavy atom. The average molecular weight is 339 g/mol. The zero-order valence-electron chi connectivity index (χ0n) is 14.6. The first-order valence-electron chi connectivity index (χ1n) is 7.67. The standard InChI is InChI=1S/C16H25N3O3S/c1-15(2,3)12-7-10(18-22-12)14(21)19-9-23-8-11(19)13(20)17-16(4,5)6/h7,11H,8-9H2,1-6H3,(H,17,20)/t11-/m1/s1. The number of thioether (sulfide) groups is 1. The van der Waals surface area contributed by atoms with E-state index >= 15 is 0 Å². The highest BCUT2D eigenvalue weighted by Gasteiger charge is 2.37. The van der Waals surface area contributed by atoms with Crippen LogP contribution in [0, 0.1) is 0 Å². The fraction of sp³-hybridized carbons (Fsp3) is 0.688. The highest BCUT2D eigenvalue weighted by molar-refractivity contribution is 7.99. The third-order valence-electron chi connectivity index (χ3n) is 3.41. The van der Waals surface area contributed by atoms with Crippen molar-refractivity contribution < 1.29 is 14.1 Å². The van der Waals surface area contributed by atoms with Crippen molar-refractivity contribution in [3.05, 3.63) is 17.5 Å². The molecule has 0 aromatic carbocycles. The molecular formula is C16H25N3O3S. The molecule has 1 N–H and O–H groups in total. The minimum Gasteiger partial charge on any atom is -0.360 e. The average Bonchev–Trinajstić information content (AvgIpc) is 3.04. The second-order valence-electron chi connectivity index (χ2n) is 7.86. The van der Waals surface area contributed by atoms with Gasteiger partial charge in [-0.1, -0.05) is 25.9 Å². The number of carbonyl (C=O) groups is 2. The van der Waals surface area contributed by atoms with E-state index in [-0.39, 0.29) is 28.5 Å². The van der Waals surface area contributed by atoms with Gasteiger partial charge in [-0.2, -0.15) is 0 Å². The summed E-state index contributed by atoms with van der Waals surface area (Å²) in [5.74, 6) is 1.35. The van der Waals surface area contributed by atoms with Crippen molar-refractivity contribution in [2.45, 2.75) is 58.5 Å². The molecule has 1 aliphatic rings. The number of amides is 2. The van der Waals surface area contributed by atoms with Gasteiger partial charge in [0.25, 0.3) is 5.91 Å². The topological polar surface area (TPSA) is 75.4 Å². The number of aromatic nitrogens is 1. The van der Waals surface area contributed by atoms with E-state index in [9.17, 15) is 9.59 Å². The summed E-state index contributed by atoms with van der Waals surface area (Å²) >= 11 is 1.57. The number of hydrogen-bond donors (Lipinski definition) is 1. The van der Waals surface area contributed by atoms with Crippen LogP contribution in [-0.2, 0) is 10.2 Å². The molecule has 1 aromatic rings. The van der Waals surface area contributed by atoms with Crippen LogP contribution in [0.4, 0.5) is 0 Å². The first-order chi connectivity index (χ1) is 10.5. The number of nitrogens with one attached hydrogen (secondary N) is 1. The first kappa shape index (κ1) is 17.8. The smallest absolute Gasteiger partial charge is 0.277 e. The normalized spacial score (nSPS) is 19.0. The number of rotatable bonds is 2. The van der Waals surface area contributed by atoms with Crippen molar-refractivity contribution in [1.82, 2.24) is 15.4 Å². The zero-order chi connectivity index (χ0) is 17.4. The van der Waals surface area contributed by atoms with Gasteiger partial charge in [0.15, 0.2) is 5.69 Å². The molecule has 2 amide bonds. The van der Waals surface area contributed by atoms with Crippen molar-refractivity contribution in [2.75, 3.05) is 11.6 Å². The lowest BCUT2D eigenvalue weighted by molar-refractivity contribution is -0.125. The van der Waals surface area contributed by atoms with Gasteiger partial charge < -0.3 is 14.7 Å². The molecule has 23 heavy (non-hydrogen) atoms. The second kappa shape index (κ2) is 6.19. The lowest BCUT2D eigenvalue weighted by Crippen LogP contribution is -2.52. The molecule has 1 saturated heterocycles. The van der Waals surface area contributed by atoms with Gasteiger partial charge in [-0.25, -0.2) is 0 Å². The SMILES string of the molecule is CC(C)(C)NC(=O)[C@H]1CSCN1C(=O)c1cc(C(C)(C)C)on1. The Morgan fingerprint density at radius 1 is 1.30 bits per heavy atom. The Hall–Kier alpha value is -1.50. The molecular weight excluding hydrogens is 314 g/mol. The second-order valence-corrected chi connectivity index (χ2v) is 8.86. The van der Waals surface area contributed by atoms with Gasteiger partial charge in [0, 0.05) is 22.8 Å². The molecule has 0 bridgehead atoms. The maximum absolute atomic E-state index is 12.7. The van der Waals surface area contributed by atoms with Crippen LogP contribution in [-0.4, -0.2) is 45.1 Å². The van der Waals surface area contributed by atoms with Gasteiger partial charge in [0.05, 0.1) is 5.88 Å². The van der Waals surface area contributed by atoms with Crippen LogP contribution < -0.4 is 5.32 Å². The molecule has 0 unspecified atom stereocenters. The van der Waals surface area contributed by atoms with Crippen LogP contribution in [0.3, 0.4) is 0 Å². The highest BCUT2D eigenvalue weighted by atomic mass is 32.2. The van der Waals surface area contributed by atoms with Gasteiger partial charge >= 0.3 is 0 Å². The van der Waals surface area contributed by atoms with Crippen molar-refractivity contribution in [2.24, 2.45) is 0 Å².